The van der Waals surface area contributed by atoms with Crippen molar-refractivity contribution in [2.24, 2.45) is 0 Å². The molecule has 1 aliphatic rings. The summed E-state index contributed by atoms with van der Waals surface area (Å²) >= 11 is 0. The van der Waals surface area contributed by atoms with E-state index < -0.39 is 34.3 Å². The lowest BCUT2D eigenvalue weighted by molar-refractivity contribution is -0.139. The largest absolute Gasteiger partial charge is 0.501 e. The van der Waals surface area contributed by atoms with Crippen molar-refractivity contribution in [2.45, 2.75) is 32.5 Å². The molecule has 31 heavy (non-hydrogen) atoms. The van der Waals surface area contributed by atoms with Crippen molar-refractivity contribution in [3.8, 4) is 5.75 Å². The summed E-state index contributed by atoms with van der Waals surface area (Å²) in [4.78, 5) is 45.8. The Labute approximate surface area is 179 Å². The fourth-order valence-electron chi connectivity index (χ4n) is 3.64. The van der Waals surface area contributed by atoms with Crippen LogP contribution in [-0.4, -0.2) is 63.5 Å². The molecule has 9 nitrogen and oxygen atoms in total. The van der Waals surface area contributed by atoms with Gasteiger partial charge in [-0.05, 0) is 45.6 Å². The molecule has 0 unspecified atom stereocenters. The van der Waals surface area contributed by atoms with E-state index in [-0.39, 0.29) is 37.9 Å². The number of carbonyl (C=O) groups is 2. The lowest BCUT2D eigenvalue weighted by atomic mass is 9.97. The van der Waals surface area contributed by atoms with E-state index in [1.54, 1.807) is 37.7 Å². The molecule has 10 heteroatoms. The molecular formula is C21H26FN5O4. The van der Waals surface area contributed by atoms with Crippen LogP contribution in [0.5, 0.6) is 5.75 Å². The smallest absolute Gasteiger partial charge is 0.296 e. The molecule has 0 bridgehead atoms. The molecule has 2 N–H and O–H groups in total. The van der Waals surface area contributed by atoms with Crippen molar-refractivity contribution in [2.75, 3.05) is 27.2 Å². The number of hydrogen-bond acceptors (Lipinski definition) is 6. The number of nitrogens with zero attached hydrogens (tertiary/aromatic N) is 4. The van der Waals surface area contributed by atoms with Crippen molar-refractivity contribution >= 4 is 11.8 Å². The van der Waals surface area contributed by atoms with Crippen LogP contribution in [0.3, 0.4) is 0 Å². The van der Waals surface area contributed by atoms with Crippen molar-refractivity contribution < 1.29 is 19.1 Å². The molecule has 0 saturated heterocycles. The monoisotopic (exact) mass is 431 g/mol. The highest BCUT2D eigenvalue weighted by molar-refractivity contribution is 5.94. The molecule has 1 aromatic heterocycles. The second-order valence-electron chi connectivity index (χ2n) is 8.24. The van der Waals surface area contributed by atoms with Gasteiger partial charge in [-0.15, -0.1) is 0 Å². The molecule has 0 atom stereocenters. The van der Waals surface area contributed by atoms with Crippen LogP contribution in [0.2, 0.25) is 0 Å². The van der Waals surface area contributed by atoms with Gasteiger partial charge in [0.1, 0.15) is 11.6 Å². The van der Waals surface area contributed by atoms with Gasteiger partial charge in [0.05, 0.1) is 12.1 Å². The Balaban J connectivity index is 1.91. The van der Waals surface area contributed by atoms with Crippen LogP contribution >= 0.6 is 0 Å². The molecule has 0 saturated carbocycles. The van der Waals surface area contributed by atoms with Gasteiger partial charge < -0.3 is 20.2 Å². The average Bonchev–Trinajstić information content (AvgIpc) is 2.69. The van der Waals surface area contributed by atoms with E-state index in [0.29, 0.717) is 5.56 Å². The summed E-state index contributed by atoms with van der Waals surface area (Å²) in [5, 5.41) is 12.9. The van der Waals surface area contributed by atoms with Crippen molar-refractivity contribution in [3.05, 3.63) is 57.5 Å². The standard InChI is InChI=1S/C21H26FN5O4/c1-21(2)20-24-16(18(30)23-11-13-5-7-14(22)8-6-13)17(29)19(31)26(20)9-10-27(21)15(28)12-25(3)4/h5-8,29H,9-12H2,1-4H3,(H,23,30). The Hall–Kier alpha value is -3.27. The Morgan fingerprint density at radius 1 is 1.23 bits per heavy atom. The van der Waals surface area contributed by atoms with E-state index >= 15 is 0 Å². The second-order valence-corrected chi connectivity index (χ2v) is 8.24. The van der Waals surface area contributed by atoms with E-state index in [1.165, 1.54) is 28.8 Å². The van der Waals surface area contributed by atoms with Gasteiger partial charge in [0.2, 0.25) is 11.7 Å². The van der Waals surface area contributed by atoms with Gasteiger partial charge in [-0.3, -0.25) is 19.0 Å². The predicted octanol–water partition coefficient (Wildman–Crippen LogP) is 0.657. The highest BCUT2D eigenvalue weighted by Crippen LogP contribution is 2.30. The molecule has 2 amide bonds. The molecule has 1 aliphatic heterocycles. The number of halogens is 1. The van der Waals surface area contributed by atoms with Crippen molar-refractivity contribution in [1.29, 1.82) is 0 Å². The second kappa shape index (κ2) is 8.46. The maximum Gasteiger partial charge on any atom is 0.296 e. The Bertz CT molecular complexity index is 1060. The Kier molecular flexibility index (Phi) is 6.12. The summed E-state index contributed by atoms with van der Waals surface area (Å²) < 4.78 is 14.3. The van der Waals surface area contributed by atoms with Crippen molar-refractivity contribution in [1.82, 2.24) is 24.7 Å². The number of aromatic nitrogens is 2. The number of likely N-dealkylation sites (N-methyl/N-ethyl adjacent to an activating group) is 1. The van der Waals surface area contributed by atoms with Crippen molar-refractivity contribution in [3.63, 3.8) is 0 Å². The molecule has 2 heterocycles. The maximum atomic E-state index is 13.0. The van der Waals surface area contributed by atoms with Gasteiger partial charge in [0.25, 0.3) is 11.5 Å². The van der Waals surface area contributed by atoms with E-state index in [1.807, 2.05) is 0 Å². The van der Waals surface area contributed by atoms with E-state index in [2.05, 4.69) is 10.3 Å². The average molecular weight is 431 g/mol. The lowest BCUT2D eigenvalue weighted by Gasteiger charge is -2.43. The predicted molar refractivity (Wildman–Crippen MR) is 111 cm³/mol. The number of fused-ring (bicyclic) bond motifs is 1. The summed E-state index contributed by atoms with van der Waals surface area (Å²) in [5.74, 6) is -1.79. The first-order valence-corrected chi connectivity index (χ1v) is 9.84. The maximum absolute atomic E-state index is 13.0. The highest BCUT2D eigenvalue weighted by atomic mass is 19.1. The number of benzene rings is 1. The Morgan fingerprint density at radius 3 is 2.48 bits per heavy atom. The van der Waals surface area contributed by atoms with E-state index in [0.717, 1.165) is 0 Å². The van der Waals surface area contributed by atoms with Gasteiger partial charge in [-0.25, -0.2) is 9.37 Å². The third kappa shape index (κ3) is 4.43. The molecular weight excluding hydrogens is 405 g/mol. The van der Waals surface area contributed by atoms with Gasteiger partial charge in [0.15, 0.2) is 5.69 Å². The zero-order chi connectivity index (χ0) is 22.9. The van der Waals surface area contributed by atoms with Crippen LogP contribution in [-0.2, 0) is 23.4 Å². The molecule has 3 rings (SSSR count). The summed E-state index contributed by atoms with van der Waals surface area (Å²) in [7, 11) is 3.57. The summed E-state index contributed by atoms with van der Waals surface area (Å²) in [5.41, 5.74) is -1.47. The number of amides is 2. The normalized spacial score (nSPS) is 15.0. The van der Waals surface area contributed by atoms with Crippen LogP contribution in [0.4, 0.5) is 4.39 Å². The minimum atomic E-state index is -0.968. The van der Waals surface area contributed by atoms with Crippen LogP contribution in [0, 0.1) is 5.82 Å². The quantitative estimate of drug-likeness (QED) is 0.720. The molecule has 0 fully saturated rings. The van der Waals surface area contributed by atoms with Crippen LogP contribution in [0.25, 0.3) is 0 Å². The highest BCUT2D eigenvalue weighted by Gasteiger charge is 2.41. The zero-order valence-electron chi connectivity index (χ0n) is 18.0. The zero-order valence-corrected chi connectivity index (χ0v) is 18.0. The topological polar surface area (TPSA) is 108 Å². The third-order valence-corrected chi connectivity index (χ3v) is 5.25. The third-order valence-electron chi connectivity index (χ3n) is 5.25. The number of carbonyl (C=O) groups excluding carboxylic acids is 2. The summed E-state index contributed by atoms with van der Waals surface area (Å²) in [6, 6.07) is 5.57. The molecule has 166 valence electrons. The number of hydrogen-bond donors (Lipinski definition) is 2. The minimum absolute atomic E-state index is 0.0650. The molecule has 0 aliphatic carbocycles. The fourth-order valence-corrected chi connectivity index (χ4v) is 3.64. The first-order valence-electron chi connectivity index (χ1n) is 9.84. The first kappa shape index (κ1) is 22.4. The number of rotatable bonds is 5. The van der Waals surface area contributed by atoms with Gasteiger partial charge in [-0.2, -0.15) is 0 Å². The summed E-state index contributed by atoms with van der Waals surface area (Å²) in [6.45, 7) is 4.19. The van der Waals surface area contributed by atoms with E-state index in [9.17, 15) is 23.9 Å². The minimum Gasteiger partial charge on any atom is -0.501 e. The van der Waals surface area contributed by atoms with Crippen LogP contribution < -0.4 is 10.9 Å². The van der Waals surface area contributed by atoms with E-state index in [4.69, 9.17) is 0 Å². The number of nitrogens with one attached hydrogen (secondary N) is 1. The molecule has 0 radical (unpaired) electrons. The lowest BCUT2D eigenvalue weighted by Crippen LogP contribution is -2.56. The SMILES string of the molecule is CN(C)CC(=O)N1CCn2c(nc(C(=O)NCc3ccc(F)cc3)c(O)c2=O)C1(C)C. The summed E-state index contributed by atoms with van der Waals surface area (Å²) in [6.07, 6.45) is 0. The van der Waals surface area contributed by atoms with Gasteiger partial charge in [-0.1, -0.05) is 12.1 Å². The first-order chi connectivity index (χ1) is 14.5. The molecule has 1 aromatic carbocycles. The number of aromatic hydroxyl groups is 1. The van der Waals surface area contributed by atoms with Gasteiger partial charge in [0, 0.05) is 19.6 Å². The van der Waals surface area contributed by atoms with Crippen LogP contribution in [0.1, 0.15) is 35.7 Å². The van der Waals surface area contributed by atoms with Gasteiger partial charge >= 0.3 is 0 Å². The van der Waals surface area contributed by atoms with Crippen LogP contribution in [0.15, 0.2) is 29.1 Å². The molecule has 0 spiro atoms. The fraction of sp³-hybridized carbons (Fsp3) is 0.429. The molecule has 2 aromatic rings. The Morgan fingerprint density at radius 2 is 1.87 bits per heavy atom.